The van der Waals surface area contributed by atoms with Crippen LogP contribution in [-0.4, -0.2) is 30.6 Å². The minimum absolute atomic E-state index is 0.702. The first kappa shape index (κ1) is 11.0. The Morgan fingerprint density at radius 1 is 1.11 bits per heavy atom. The normalized spacial score (nSPS) is 35.4. The zero-order valence-corrected chi connectivity index (χ0v) is 10.9. The molecule has 1 N–H and O–H groups in total. The van der Waals surface area contributed by atoms with Crippen LogP contribution in [0.2, 0.25) is 0 Å². The second-order valence-electron chi connectivity index (χ2n) is 6.17. The van der Waals surface area contributed by atoms with Crippen molar-refractivity contribution in [2.45, 2.75) is 37.8 Å². The first-order valence-corrected chi connectivity index (χ1v) is 7.47. The van der Waals surface area contributed by atoms with Crippen LogP contribution in [-0.2, 0) is 6.42 Å². The molecule has 1 unspecified atom stereocenters. The molecule has 2 nitrogen and oxygen atoms in total. The van der Waals surface area contributed by atoms with Gasteiger partial charge in [-0.25, -0.2) is 0 Å². The number of benzene rings is 1. The van der Waals surface area contributed by atoms with Crippen LogP contribution < -0.4 is 5.32 Å². The first-order chi connectivity index (χ1) is 8.92. The largest absolute Gasteiger partial charge is 0.312 e. The highest BCUT2D eigenvalue weighted by Crippen LogP contribution is 2.39. The van der Waals surface area contributed by atoms with Crippen molar-refractivity contribution in [3.63, 3.8) is 0 Å². The number of nitrogens with one attached hydrogen (secondary N) is 1. The molecular formula is C16H22N2. The third kappa shape index (κ3) is 1.70. The number of fused-ring (bicyclic) bond motifs is 2. The van der Waals surface area contributed by atoms with E-state index in [9.17, 15) is 0 Å². The van der Waals surface area contributed by atoms with E-state index in [1.165, 1.54) is 45.3 Å². The average Bonchev–Trinajstić information content (AvgIpc) is 3.02. The maximum Gasteiger partial charge on any atom is 0.0354 e. The molecule has 18 heavy (non-hydrogen) atoms. The molecule has 1 aromatic carbocycles. The molecule has 2 fully saturated rings. The Morgan fingerprint density at radius 2 is 2.06 bits per heavy atom. The van der Waals surface area contributed by atoms with Crippen molar-refractivity contribution >= 4 is 0 Å². The summed E-state index contributed by atoms with van der Waals surface area (Å²) in [7, 11) is 0. The maximum atomic E-state index is 3.72. The van der Waals surface area contributed by atoms with E-state index < -0.39 is 0 Å². The highest BCUT2D eigenvalue weighted by Gasteiger charge is 2.39. The van der Waals surface area contributed by atoms with Crippen LogP contribution in [0, 0.1) is 5.92 Å². The predicted molar refractivity (Wildman–Crippen MR) is 73.6 cm³/mol. The smallest absolute Gasteiger partial charge is 0.0354 e. The van der Waals surface area contributed by atoms with Gasteiger partial charge in [-0.05, 0) is 49.3 Å². The number of hydrogen-bond acceptors (Lipinski definition) is 2. The maximum absolute atomic E-state index is 3.72. The molecule has 96 valence electrons. The molecule has 0 radical (unpaired) electrons. The predicted octanol–water partition coefficient (Wildman–Crippen LogP) is 2.36. The number of aryl methyl sites for hydroxylation is 1. The van der Waals surface area contributed by atoms with Crippen LogP contribution in [0.1, 0.15) is 36.4 Å². The van der Waals surface area contributed by atoms with E-state index >= 15 is 0 Å². The Balaban J connectivity index is 1.55. The number of hydrogen-bond donors (Lipinski definition) is 1. The lowest BCUT2D eigenvalue weighted by Gasteiger charge is -2.25. The third-order valence-electron chi connectivity index (χ3n) is 5.17. The van der Waals surface area contributed by atoms with E-state index in [1.54, 1.807) is 11.1 Å². The summed E-state index contributed by atoms with van der Waals surface area (Å²) >= 11 is 0. The second kappa shape index (κ2) is 4.36. The third-order valence-corrected chi connectivity index (χ3v) is 5.17. The van der Waals surface area contributed by atoms with E-state index in [1.807, 2.05) is 0 Å². The topological polar surface area (TPSA) is 15.3 Å². The van der Waals surface area contributed by atoms with Crippen LogP contribution in [0.4, 0.5) is 0 Å². The number of piperidine rings is 1. The molecule has 2 heteroatoms. The molecule has 0 aromatic heterocycles. The number of rotatable bonds is 1. The monoisotopic (exact) mass is 242 g/mol. The summed E-state index contributed by atoms with van der Waals surface area (Å²) in [4.78, 5) is 2.75. The zero-order chi connectivity index (χ0) is 11.9. The van der Waals surface area contributed by atoms with Gasteiger partial charge in [0.15, 0.2) is 0 Å². The van der Waals surface area contributed by atoms with Gasteiger partial charge in [-0.2, -0.15) is 0 Å². The Labute approximate surface area is 109 Å². The molecule has 2 saturated heterocycles. The van der Waals surface area contributed by atoms with Gasteiger partial charge in [0.25, 0.3) is 0 Å². The van der Waals surface area contributed by atoms with Crippen molar-refractivity contribution in [3.05, 3.63) is 35.4 Å². The first-order valence-electron chi connectivity index (χ1n) is 7.47. The van der Waals surface area contributed by atoms with Gasteiger partial charge in [-0.1, -0.05) is 24.3 Å². The van der Waals surface area contributed by atoms with Gasteiger partial charge in [0.1, 0.15) is 0 Å². The molecule has 3 atom stereocenters. The SMILES string of the molecule is c1ccc2c(c1)CCC2N1C[C@@H]2CCCN[C@@H]2C1. The molecule has 4 rings (SSSR count). The fourth-order valence-corrected chi connectivity index (χ4v) is 4.25. The summed E-state index contributed by atoms with van der Waals surface area (Å²) in [6.07, 6.45) is 5.41. The van der Waals surface area contributed by atoms with E-state index in [0.29, 0.717) is 6.04 Å². The molecule has 1 aliphatic carbocycles. The van der Waals surface area contributed by atoms with Crippen LogP contribution in [0.15, 0.2) is 24.3 Å². The average molecular weight is 242 g/mol. The van der Waals surface area contributed by atoms with Crippen molar-refractivity contribution < 1.29 is 0 Å². The van der Waals surface area contributed by atoms with Crippen molar-refractivity contribution in [3.8, 4) is 0 Å². The number of likely N-dealkylation sites (tertiary alicyclic amines) is 1. The summed E-state index contributed by atoms with van der Waals surface area (Å²) in [5, 5.41) is 3.72. The summed E-state index contributed by atoms with van der Waals surface area (Å²) in [5.41, 5.74) is 3.20. The lowest BCUT2D eigenvalue weighted by Crippen LogP contribution is -2.40. The lowest BCUT2D eigenvalue weighted by molar-refractivity contribution is 0.234. The second-order valence-corrected chi connectivity index (χ2v) is 6.17. The molecule has 1 aromatic rings. The number of nitrogens with zero attached hydrogens (tertiary/aromatic N) is 1. The Morgan fingerprint density at radius 3 is 3.00 bits per heavy atom. The van der Waals surface area contributed by atoms with Gasteiger partial charge >= 0.3 is 0 Å². The van der Waals surface area contributed by atoms with Crippen molar-refractivity contribution in [1.82, 2.24) is 10.2 Å². The van der Waals surface area contributed by atoms with Crippen LogP contribution >= 0.6 is 0 Å². The van der Waals surface area contributed by atoms with E-state index in [0.717, 1.165) is 12.0 Å². The highest BCUT2D eigenvalue weighted by atomic mass is 15.2. The highest BCUT2D eigenvalue weighted by molar-refractivity contribution is 5.34. The van der Waals surface area contributed by atoms with E-state index in [2.05, 4.69) is 34.5 Å². The molecule has 2 aliphatic heterocycles. The molecule has 0 saturated carbocycles. The van der Waals surface area contributed by atoms with Gasteiger partial charge in [0.05, 0.1) is 0 Å². The van der Waals surface area contributed by atoms with E-state index in [4.69, 9.17) is 0 Å². The molecule has 0 spiro atoms. The van der Waals surface area contributed by atoms with Crippen LogP contribution in [0.3, 0.4) is 0 Å². The Kier molecular flexibility index (Phi) is 2.66. The summed E-state index contributed by atoms with van der Waals surface area (Å²) in [6, 6.07) is 10.5. The molecule has 2 heterocycles. The fourth-order valence-electron chi connectivity index (χ4n) is 4.25. The van der Waals surface area contributed by atoms with Gasteiger partial charge in [-0.15, -0.1) is 0 Å². The standard InChI is InChI=1S/C16H22N2/c1-2-6-14-12(4-1)7-8-16(14)18-10-13-5-3-9-17-15(13)11-18/h1-2,4,6,13,15-17H,3,5,7-11H2/t13-,15+,16?/m0/s1. The van der Waals surface area contributed by atoms with Gasteiger partial charge < -0.3 is 5.32 Å². The van der Waals surface area contributed by atoms with Crippen molar-refractivity contribution in [1.29, 1.82) is 0 Å². The molecular weight excluding hydrogens is 220 g/mol. The van der Waals surface area contributed by atoms with Crippen LogP contribution in [0.25, 0.3) is 0 Å². The quantitative estimate of drug-likeness (QED) is 0.813. The molecule has 0 bridgehead atoms. The lowest BCUT2D eigenvalue weighted by atomic mass is 9.94. The van der Waals surface area contributed by atoms with E-state index in [-0.39, 0.29) is 0 Å². The summed E-state index contributed by atoms with van der Waals surface area (Å²) in [5.74, 6) is 0.909. The van der Waals surface area contributed by atoms with Gasteiger partial charge in [0, 0.05) is 25.2 Å². The van der Waals surface area contributed by atoms with Gasteiger partial charge in [-0.3, -0.25) is 4.90 Å². The summed E-state index contributed by atoms with van der Waals surface area (Å²) in [6.45, 7) is 3.82. The Bertz CT molecular complexity index is 428. The van der Waals surface area contributed by atoms with Gasteiger partial charge in [0.2, 0.25) is 0 Å². The van der Waals surface area contributed by atoms with Crippen molar-refractivity contribution in [2.75, 3.05) is 19.6 Å². The fraction of sp³-hybridized carbons (Fsp3) is 0.625. The van der Waals surface area contributed by atoms with Crippen LogP contribution in [0.5, 0.6) is 0 Å². The minimum Gasteiger partial charge on any atom is -0.312 e. The van der Waals surface area contributed by atoms with Crippen molar-refractivity contribution in [2.24, 2.45) is 5.92 Å². The Hall–Kier alpha value is -0.860. The molecule has 0 amide bonds. The zero-order valence-electron chi connectivity index (χ0n) is 10.9. The summed E-state index contributed by atoms with van der Waals surface area (Å²) < 4.78 is 0. The minimum atomic E-state index is 0.702. The molecule has 3 aliphatic rings.